The van der Waals surface area contributed by atoms with Crippen molar-refractivity contribution in [1.82, 2.24) is 4.90 Å². The van der Waals surface area contributed by atoms with Gasteiger partial charge in [-0.3, -0.25) is 4.90 Å². The monoisotopic (exact) mass is 334 g/mol. The van der Waals surface area contributed by atoms with Crippen LogP contribution in [0.2, 0.25) is 0 Å². The Bertz CT molecular complexity index is 567. The van der Waals surface area contributed by atoms with Gasteiger partial charge in [-0.15, -0.1) is 6.42 Å². The van der Waals surface area contributed by atoms with Gasteiger partial charge in [-0.2, -0.15) is 0 Å². The van der Waals surface area contributed by atoms with Gasteiger partial charge in [-0.1, -0.05) is 25.0 Å². The van der Waals surface area contributed by atoms with Crippen LogP contribution in [0.25, 0.3) is 0 Å². The molecule has 1 saturated heterocycles. The number of nitrogens with zero attached hydrogens (tertiary/aromatic N) is 2. The first-order valence-corrected chi connectivity index (χ1v) is 8.49. The second-order valence-corrected chi connectivity index (χ2v) is 6.43. The Morgan fingerprint density at radius 3 is 2.58 bits per heavy atom. The molecule has 1 aromatic rings. The van der Waals surface area contributed by atoms with Crippen LogP contribution in [0, 0.1) is 18.2 Å². The van der Waals surface area contributed by atoms with Crippen molar-refractivity contribution in [2.24, 2.45) is 0 Å². The highest BCUT2D eigenvalue weighted by atomic mass is 19.1. The predicted octanol–water partition coefficient (Wildman–Crippen LogP) is 2.13. The van der Waals surface area contributed by atoms with Crippen molar-refractivity contribution in [2.75, 3.05) is 44.2 Å². The number of halogens is 1. The normalized spacial score (nSPS) is 19.5. The number of rotatable bonds is 7. The highest BCUT2D eigenvalue weighted by molar-refractivity contribution is 5.47. The Morgan fingerprint density at radius 2 is 2.00 bits per heavy atom. The fraction of sp³-hybridized carbons (Fsp3) is 0.579. The van der Waals surface area contributed by atoms with Crippen molar-refractivity contribution in [2.45, 2.75) is 32.0 Å². The lowest BCUT2D eigenvalue weighted by molar-refractivity contribution is -0.0473. The molecule has 4 nitrogen and oxygen atoms in total. The predicted molar refractivity (Wildman–Crippen MR) is 94.5 cm³/mol. The van der Waals surface area contributed by atoms with Crippen molar-refractivity contribution < 1.29 is 14.2 Å². The summed E-state index contributed by atoms with van der Waals surface area (Å²) >= 11 is 0. The summed E-state index contributed by atoms with van der Waals surface area (Å²) in [5.74, 6) is 2.44. The van der Waals surface area contributed by atoms with E-state index in [2.05, 4.69) is 10.8 Å². The fourth-order valence-electron chi connectivity index (χ4n) is 2.76. The van der Waals surface area contributed by atoms with Crippen LogP contribution in [0.15, 0.2) is 24.3 Å². The molecule has 0 bridgehead atoms. The Morgan fingerprint density at radius 1 is 1.33 bits per heavy atom. The lowest BCUT2D eigenvalue weighted by Gasteiger charge is -2.37. The van der Waals surface area contributed by atoms with Crippen LogP contribution in [0.5, 0.6) is 0 Å². The minimum absolute atomic E-state index is 0.187. The van der Waals surface area contributed by atoms with Crippen molar-refractivity contribution >= 4 is 5.69 Å². The third-order valence-electron chi connectivity index (χ3n) is 4.61. The van der Waals surface area contributed by atoms with E-state index in [1.54, 1.807) is 12.1 Å². The van der Waals surface area contributed by atoms with E-state index in [0.29, 0.717) is 18.7 Å². The van der Waals surface area contributed by atoms with E-state index < -0.39 is 11.7 Å². The first-order valence-electron chi connectivity index (χ1n) is 8.49. The second kappa shape index (κ2) is 8.48. The summed E-state index contributed by atoms with van der Waals surface area (Å²) in [6.07, 6.45) is 5.59. The van der Waals surface area contributed by atoms with Crippen molar-refractivity contribution in [3.63, 3.8) is 0 Å². The smallest absolute Gasteiger partial charge is 0.146 e. The summed E-state index contributed by atoms with van der Waals surface area (Å²) in [6, 6.07) is 6.84. The van der Waals surface area contributed by atoms with E-state index in [9.17, 15) is 9.50 Å². The topological polar surface area (TPSA) is 35.9 Å². The molecule has 1 aliphatic rings. The number of terminal acetylenes is 1. The van der Waals surface area contributed by atoms with E-state index in [0.717, 1.165) is 26.2 Å². The van der Waals surface area contributed by atoms with E-state index in [-0.39, 0.29) is 12.4 Å². The van der Waals surface area contributed by atoms with E-state index >= 15 is 0 Å². The summed E-state index contributed by atoms with van der Waals surface area (Å²) in [5, 5.41) is 10.2. The highest BCUT2D eigenvalue weighted by Crippen LogP contribution is 2.20. The molecule has 2 atom stereocenters. The van der Waals surface area contributed by atoms with Gasteiger partial charge in [-0.05, 0) is 25.5 Å². The van der Waals surface area contributed by atoms with E-state index in [1.165, 1.54) is 6.07 Å². The third-order valence-corrected chi connectivity index (χ3v) is 4.61. The lowest BCUT2D eigenvalue weighted by atomic mass is 10.1. The number of para-hydroxylation sites is 1. The minimum Gasteiger partial charge on any atom is -0.389 e. The summed E-state index contributed by atoms with van der Waals surface area (Å²) in [5.41, 5.74) is 0.0265. The van der Waals surface area contributed by atoms with Crippen LogP contribution in [-0.4, -0.2) is 61.0 Å². The number of hydrogen-bond donors (Lipinski definition) is 1. The van der Waals surface area contributed by atoms with Gasteiger partial charge >= 0.3 is 0 Å². The van der Waals surface area contributed by atoms with Crippen LogP contribution >= 0.6 is 0 Å². The number of β-amino-alcohol motifs (C(OH)–C–C–N with tert-alkyl or cyclic N) is 1. The Balaban J connectivity index is 1.77. The number of aliphatic hydroxyl groups excluding tert-OH is 1. The number of hydrogen-bond acceptors (Lipinski definition) is 4. The van der Waals surface area contributed by atoms with Gasteiger partial charge in [0, 0.05) is 32.7 Å². The summed E-state index contributed by atoms with van der Waals surface area (Å²) in [7, 11) is 0. The van der Waals surface area contributed by atoms with Gasteiger partial charge in [0.25, 0.3) is 0 Å². The van der Waals surface area contributed by atoms with Gasteiger partial charge in [0.15, 0.2) is 0 Å². The molecular formula is C19H27FN2O2. The number of ether oxygens (including phenoxy) is 1. The van der Waals surface area contributed by atoms with Crippen LogP contribution in [0.4, 0.5) is 10.1 Å². The van der Waals surface area contributed by atoms with Crippen molar-refractivity contribution in [3.8, 4) is 12.3 Å². The van der Waals surface area contributed by atoms with Crippen molar-refractivity contribution in [3.05, 3.63) is 30.1 Å². The molecule has 0 spiro atoms. The first-order chi connectivity index (χ1) is 11.5. The number of benzene rings is 1. The molecule has 0 amide bonds. The van der Waals surface area contributed by atoms with Crippen LogP contribution in [0.3, 0.4) is 0 Å². The molecule has 0 aliphatic carbocycles. The zero-order valence-corrected chi connectivity index (χ0v) is 14.5. The van der Waals surface area contributed by atoms with E-state index in [1.807, 2.05) is 24.8 Å². The number of piperazine rings is 1. The first kappa shape index (κ1) is 18.7. The summed E-state index contributed by atoms with van der Waals surface area (Å²) in [6.45, 7) is 7.63. The van der Waals surface area contributed by atoms with Crippen LogP contribution in [0.1, 0.15) is 20.3 Å². The summed E-state index contributed by atoms with van der Waals surface area (Å²) < 4.78 is 19.5. The van der Waals surface area contributed by atoms with Gasteiger partial charge < -0.3 is 14.7 Å². The number of aliphatic hydroxyl groups is 1. The standard InChI is InChI=1S/C19H27FN2O2/c1-4-19(3,5-2)24-15-16(23)14-21-10-12-22(13-11-21)18-9-7-6-8-17(18)20/h1,6-9,16,23H,5,10-15H2,2-3H3. The summed E-state index contributed by atoms with van der Waals surface area (Å²) in [4.78, 5) is 4.21. The molecule has 1 N–H and O–H groups in total. The van der Waals surface area contributed by atoms with Gasteiger partial charge in [0.1, 0.15) is 11.4 Å². The SMILES string of the molecule is C#CC(C)(CC)OCC(O)CN1CCN(c2ccccc2F)CC1. The lowest BCUT2D eigenvalue weighted by Crippen LogP contribution is -2.49. The second-order valence-electron chi connectivity index (χ2n) is 6.43. The van der Waals surface area contributed by atoms with Crippen LogP contribution in [-0.2, 0) is 4.74 Å². The molecule has 0 saturated carbocycles. The van der Waals surface area contributed by atoms with Gasteiger partial charge in [0.2, 0.25) is 0 Å². The van der Waals surface area contributed by atoms with Gasteiger partial charge in [0.05, 0.1) is 18.4 Å². The molecule has 5 heteroatoms. The minimum atomic E-state index is -0.621. The highest BCUT2D eigenvalue weighted by Gasteiger charge is 2.24. The maximum atomic E-state index is 13.8. The number of anilines is 1. The maximum Gasteiger partial charge on any atom is 0.146 e. The van der Waals surface area contributed by atoms with Crippen molar-refractivity contribution in [1.29, 1.82) is 0 Å². The Hall–Kier alpha value is -1.61. The fourth-order valence-corrected chi connectivity index (χ4v) is 2.76. The molecule has 0 radical (unpaired) electrons. The Kier molecular flexibility index (Phi) is 6.61. The molecule has 132 valence electrons. The largest absolute Gasteiger partial charge is 0.389 e. The quantitative estimate of drug-likeness (QED) is 0.775. The molecule has 2 rings (SSSR count). The van der Waals surface area contributed by atoms with Gasteiger partial charge in [-0.25, -0.2) is 4.39 Å². The molecule has 0 aromatic heterocycles. The molecular weight excluding hydrogens is 307 g/mol. The molecule has 1 heterocycles. The third kappa shape index (κ3) is 4.94. The molecule has 1 aromatic carbocycles. The molecule has 2 unspecified atom stereocenters. The molecule has 24 heavy (non-hydrogen) atoms. The zero-order valence-electron chi connectivity index (χ0n) is 14.5. The molecule has 1 fully saturated rings. The molecule has 1 aliphatic heterocycles. The maximum absolute atomic E-state index is 13.8. The average Bonchev–Trinajstić information content (AvgIpc) is 2.61. The van der Waals surface area contributed by atoms with E-state index in [4.69, 9.17) is 11.2 Å². The average molecular weight is 334 g/mol. The zero-order chi connectivity index (χ0) is 17.6. The van der Waals surface area contributed by atoms with Crippen LogP contribution < -0.4 is 4.90 Å². The Labute approximate surface area is 144 Å².